The molecule has 0 spiro atoms. The Morgan fingerprint density at radius 3 is 2.48 bits per heavy atom. The molecule has 0 saturated carbocycles. The van der Waals surface area contributed by atoms with Gasteiger partial charge in [-0.15, -0.1) is 0 Å². The van der Waals surface area contributed by atoms with E-state index < -0.39 is 0 Å². The number of amides is 1. The molecule has 27 heavy (non-hydrogen) atoms. The molecule has 0 heterocycles. The smallest absolute Gasteiger partial charge is 0.220 e. The topological polar surface area (TPSA) is 105 Å². The number of nitrogens with one attached hydrogen (secondary N) is 2. The van der Waals surface area contributed by atoms with Crippen molar-refractivity contribution in [3.05, 3.63) is 65.2 Å². The fourth-order valence-corrected chi connectivity index (χ4v) is 2.68. The number of rotatable bonds is 9. The zero-order valence-electron chi connectivity index (χ0n) is 15.6. The van der Waals surface area contributed by atoms with Crippen LogP contribution in [-0.2, 0) is 16.0 Å². The second-order valence-corrected chi connectivity index (χ2v) is 6.39. The first-order valence-corrected chi connectivity index (χ1v) is 8.77. The molecule has 2 aromatic rings. The first-order chi connectivity index (χ1) is 12.9. The van der Waals surface area contributed by atoms with Gasteiger partial charge >= 0.3 is 0 Å². The molecule has 0 unspecified atom stereocenters. The van der Waals surface area contributed by atoms with Crippen LogP contribution in [0.15, 0.2) is 48.5 Å². The van der Waals surface area contributed by atoms with Crippen LogP contribution in [0.1, 0.15) is 42.5 Å². The molecule has 1 atom stereocenters. The van der Waals surface area contributed by atoms with E-state index in [0.717, 1.165) is 16.9 Å². The van der Waals surface area contributed by atoms with Crippen molar-refractivity contribution < 1.29 is 14.3 Å². The summed E-state index contributed by atoms with van der Waals surface area (Å²) in [7, 11) is 1.60. The standard InChI is InChI=1S/C21H25N3O3/c1-14(17-4-3-5-19(13-17)27-2)24-20(26)11-10-18(25)12-15-6-8-16(9-7-15)21(22)23/h3-9,13-14H,10-12H2,1-2H3,(H3,22,23)(H,24,26)/t14-/m0/s1. The number of benzene rings is 2. The summed E-state index contributed by atoms with van der Waals surface area (Å²) in [5, 5.41) is 10.3. The lowest BCUT2D eigenvalue weighted by atomic mass is 10.0. The van der Waals surface area contributed by atoms with E-state index in [2.05, 4.69) is 5.32 Å². The van der Waals surface area contributed by atoms with Crippen molar-refractivity contribution in [2.75, 3.05) is 7.11 Å². The number of Topliss-reactive ketones (excluding diaryl/α,β-unsaturated/α-hetero) is 1. The molecule has 0 radical (unpaired) electrons. The van der Waals surface area contributed by atoms with Crippen LogP contribution in [0.3, 0.4) is 0 Å². The average molecular weight is 367 g/mol. The third-order valence-electron chi connectivity index (χ3n) is 4.27. The molecule has 0 aliphatic carbocycles. The Morgan fingerprint density at radius 1 is 1.15 bits per heavy atom. The van der Waals surface area contributed by atoms with E-state index in [4.69, 9.17) is 15.9 Å². The maximum absolute atomic E-state index is 12.1. The minimum absolute atomic E-state index is 0.00485. The van der Waals surface area contributed by atoms with E-state index in [-0.39, 0.29) is 42.8 Å². The number of ketones is 1. The van der Waals surface area contributed by atoms with Crippen molar-refractivity contribution in [3.8, 4) is 5.75 Å². The van der Waals surface area contributed by atoms with E-state index in [1.54, 1.807) is 31.4 Å². The van der Waals surface area contributed by atoms with Crippen LogP contribution in [0.5, 0.6) is 5.75 Å². The number of carbonyl (C=O) groups is 2. The predicted octanol–water partition coefficient (Wildman–Crippen LogP) is 2.75. The van der Waals surface area contributed by atoms with Gasteiger partial charge in [0.25, 0.3) is 0 Å². The molecule has 0 aromatic heterocycles. The molecule has 142 valence electrons. The third-order valence-corrected chi connectivity index (χ3v) is 4.27. The zero-order valence-corrected chi connectivity index (χ0v) is 15.6. The normalized spacial score (nSPS) is 11.5. The lowest BCUT2D eigenvalue weighted by Crippen LogP contribution is -2.27. The summed E-state index contributed by atoms with van der Waals surface area (Å²) in [5.74, 6) is 0.564. The van der Waals surface area contributed by atoms with Crippen LogP contribution < -0.4 is 15.8 Å². The molecule has 4 N–H and O–H groups in total. The lowest BCUT2D eigenvalue weighted by molar-refractivity contribution is -0.125. The fourth-order valence-electron chi connectivity index (χ4n) is 2.68. The van der Waals surface area contributed by atoms with Crippen molar-refractivity contribution >= 4 is 17.5 Å². The van der Waals surface area contributed by atoms with E-state index in [1.807, 2.05) is 31.2 Å². The molecular formula is C21H25N3O3. The minimum atomic E-state index is -0.165. The van der Waals surface area contributed by atoms with Gasteiger partial charge in [-0.25, -0.2) is 0 Å². The minimum Gasteiger partial charge on any atom is -0.497 e. The van der Waals surface area contributed by atoms with Gasteiger partial charge in [-0.05, 0) is 30.2 Å². The first kappa shape index (κ1) is 20.2. The number of nitrogen functional groups attached to an aromatic ring is 1. The van der Waals surface area contributed by atoms with Crippen LogP contribution in [-0.4, -0.2) is 24.6 Å². The van der Waals surface area contributed by atoms with Gasteiger partial charge in [0.15, 0.2) is 0 Å². The summed E-state index contributed by atoms with van der Waals surface area (Å²) in [6, 6.07) is 14.3. The average Bonchev–Trinajstić information content (AvgIpc) is 2.66. The molecule has 0 saturated heterocycles. The summed E-state index contributed by atoms with van der Waals surface area (Å²) < 4.78 is 5.19. The van der Waals surface area contributed by atoms with Gasteiger partial charge in [-0.2, -0.15) is 0 Å². The Bertz CT molecular complexity index is 816. The third kappa shape index (κ3) is 6.26. The Labute approximate surface area is 159 Å². The molecule has 0 aliphatic rings. The van der Waals surface area contributed by atoms with E-state index in [0.29, 0.717) is 5.56 Å². The molecule has 0 bridgehead atoms. The highest BCUT2D eigenvalue weighted by molar-refractivity contribution is 5.95. The summed E-state index contributed by atoms with van der Waals surface area (Å²) in [6.45, 7) is 1.89. The van der Waals surface area contributed by atoms with Gasteiger partial charge < -0.3 is 15.8 Å². The van der Waals surface area contributed by atoms with E-state index in [1.165, 1.54) is 0 Å². The van der Waals surface area contributed by atoms with Crippen LogP contribution in [0.4, 0.5) is 0 Å². The van der Waals surface area contributed by atoms with Crippen LogP contribution in [0.2, 0.25) is 0 Å². The predicted molar refractivity (Wildman–Crippen MR) is 105 cm³/mol. The maximum atomic E-state index is 12.1. The molecule has 6 heteroatoms. The SMILES string of the molecule is COc1cccc([C@H](C)NC(=O)CCC(=O)Cc2ccc(C(=N)N)cc2)c1. The van der Waals surface area contributed by atoms with Crippen molar-refractivity contribution in [1.82, 2.24) is 5.32 Å². The monoisotopic (exact) mass is 367 g/mol. The van der Waals surface area contributed by atoms with Crippen LogP contribution >= 0.6 is 0 Å². The fraction of sp³-hybridized carbons (Fsp3) is 0.286. The second-order valence-electron chi connectivity index (χ2n) is 6.39. The Hall–Kier alpha value is -3.15. The number of methoxy groups -OCH3 is 1. The molecule has 2 aromatic carbocycles. The van der Waals surface area contributed by atoms with Crippen molar-refractivity contribution in [3.63, 3.8) is 0 Å². The largest absolute Gasteiger partial charge is 0.497 e. The number of ether oxygens (including phenoxy) is 1. The lowest BCUT2D eigenvalue weighted by Gasteiger charge is -2.15. The summed E-state index contributed by atoms with van der Waals surface area (Å²) in [4.78, 5) is 24.2. The van der Waals surface area contributed by atoms with Crippen molar-refractivity contribution in [1.29, 1.82) is 5.41 Å². The molecule has 2 rings (SSSR count). The molecule has 0 aliphatic heterocycles. The van der Waals surface area contributed by atoms with Crippen LogP contribution in [0, 0.1) is 5.41 Å². The first-order valence-electron chi connectivity index (χ1n) is 8.77. The molecule has 6 nitrogen and oxygen atoms in total. The van der Waals surface area contributed by atoms with Gasteiger partial charge in [0, 0.05) is 24.8 Å². The molecule has 1 amide bonds. The zero-order chi connectivity index (χ0) is 19.8. The number of amidine groups is 1. The van der Waals surface area contributed by atoms with Crippen LogP contribution in [0.25, 0.3) is 0 Å². The highest BCUT2D eigenvalue weighted by Gasteiger charge is 2.12. The molecule has 0 fully saturated rings. The maximum Gasteiger partial charge on any atom is 0.220 e. The highest BCUT2D eigenvalue weighted by Crippen LogP contribution is 2.19. The Kier molecular flexibility index (Phi) is 7.11. The second kappa shape index (κ2) is 9.52. The van der Waals surface area contributed by atoms with E-state index in [9.17, 15) is 9.59 Å². The van der Waals surface area contributed by atoms with E-state index >= 15 is 0 Å². The number of hydrogen-bond acceptors (Lipinski definition) is 4. The number of carbonyl (C=O) groups excluding carboxylic acids is 2. The van der Waals surface area contributed by atoms with Crippen molar-refractivity contribution in [2.24, 2.45) is 5.73 Å². The number of hydrogen-bond donors (Lipinski definition) is 3. The van der Waals surface area contributed by atoms with Gasteiger partial charge in [0.2, 0.25) is 5.91 Å². The van der Waals surface area contributed by atoms with Gasteiger partial charge in [-0.1, -0.05) is 36.4 Å². The van der Waals surface area contributed by atoms with Crippen molar-refractivity contribution in [2.45, 2.75) is 32.2 Å². The Morgan fingerprint density at radius 2 is 1.85 bits per heavy atom. The summed E-state index contributed by atoms with van der Waals surface area (Å²) in [6.07, 6.45) is 0.598. The van der Waals surface area contributed by atoms with Gasteiger partial charge in [0.1, 0.15) is 17.4 Å². The van der Waals surface area contributed by atoms with Gasteiger partial charge in [-0.3, -0.25) is 15.0 Å². The highest BCUT2D eigenvalue weighted by atomic mass is 16.5. The molecular weight excluding hydrogens is 342 g/mol. The summed E-state index contributed by atoms with van der Waals surface area (Å²) in [5.41, 5.74) is 7.82. The quantitative estimate of drug-likeness (QED) is 0.468. The Balaban J connectivity index is 1.80. The number of nitrogens with two attached hydrogens (primary N) is 1. The summed E-state index contributed by atoms with van der Waals surface area (Å²) >= 11 is 0. The van der Waals surface area contributed by atoms with Gasteiger partial charge in [0.05, 0.1) is 13.2 Å².